The number of hydrogen-bond acceptors (Lipinski definition) is 2. The standard InChI is InChI=1S/C12H15F3N2.ClH/c13-12(14,15)10-3-1-4-11(9-10)17-7-2-5-16-6-8-17;/h1,3-4,9,16H,2,5-8H2;1H. The molecule has 18 heavy (non-hydrogen) atoms. The molecule has 1 fully saturated rings. The van der Waals surface area contributed by atoms with Crippen LogP contribution in [0.25, 0.3) is 0 Å². The van der Waals surface area contributed by atoms with Gasteiger partial charge in [-0.3, -0.25) is 0 Å². The fourth-order valence-corrected chi connectivity index (χ4v) is 1.98. The molecule has 0 amide bonds. The molecule has 1 aliphatic rings. The van der Waals surface area contributed by atoms with Crippen molar-refractivity contribution in [2.24, 2.45) is 0 Å². The summed E-state index contributed by atoms with van der Waals surface area (Å²) in [5.41, 5.74) is 0.0794. The van der Waals surface area contributed by atoms with E-state index in [-0.39, 0.29) is 12.4 Å². The third kappa shape index (κ3) is 3.78. The molecule has 0 atom stereocenters. The van der Waals surface area contributed by atoms with E-state index >= 15 is 0 Å². The minimum absolute atomic E-state index is 0. The molecule has 0 radical (unpaired) electrons. The average molecular weight is 281 g/mol. The molecule has 6 heteroatoms. The molecule has 2 rings (SSSR count). The van der Waals surface area contributed by atoms with Crippen molar-refractivity contribution in [3.63, 3.8) is 0 Å². The van der Waals surface area contributed by atoms with Crippen molar-refractivity contribution in [3.05, 3.63) is 29.8 Å². The SMILES string of the molecule is Cl.FC(F)(F)c1cccc(N2CCCNCC2)c1. The first-order valence-electron chi connectivity index (χ1n) is 5.70. The lowest BCUT2D eigenvalue weighted by Crippen LogP contribution is -2.28. The van der Waals surface area contributed by atoms with Crippen molar-refractivity contribution in [2.45, 2.75) is 12.6 Å². The summed E-state index contributed by atoms with van der Waals surface area (Å²) >= 11 is 0. The Kier molecular flexibility index (Phi) is 5.28. The highest BCUT2D eigenvalue weighted by molar-refractivity contribution is 5.85. The van der Waals surface area contributed by atoms with Crippen LogP contribution in [0.1, 0.15) is 12.0 Å². The van der Waals surface area contributed by atoms with E-state index < -0.39 is 11.7 Å². The van der Waals surface area contributed by atoms with Crippen LogP contribution in [-0.4, -0.2) is 26.2 Å². The smallest absolute Gasteiger partial charge is 0.370 e. The molecule has 2 nitrogen and oxygen atoms in total. The van der Waals surface area contributed by atoms with Crippen molar-refractivity contribution >= 4 is 18.1 Å². The maximum Gasteiger partial charge on any atom is 0.416 e. The number of alkyl halides is 3. The number of benzene rings is 1. The first-order chi connectivity index (χ1) is 8.07. The zero-order valence-electron chi connectivity index (χ0n) is 9.83. The molecule has 1 aromatic carbocycles. The molecule has 0 spiro atoms. The van der Waals surface area contributed by atoms with Crippen molar-refractivity contribution in [2.75, 3.05) is 31.1 Å². The third-order valence-corrected chi connectivity index (χ3v) is 2.88. The van der Waals surface area contributed by atoms with Gasteiger partial charge in [0, 0.05) is 25.3 Å². The molecule has 1 heterocycles. The Balaban J connectivity index is 0.00000162. The Hall–Kier alpha value is -0.940. The van der Waals surface area contributed by atoms with Crippen molar-refractivity contribution in [1.82, 2.24) is 5.32 Å². The molecule has 0 saturated carbocycles. The summed E-state index contributed by atoms with van der Waals surface area (Å²) in [7, 11) is 0. The van der Waals surface area contributed by atoms with Crippen LogP contribution in [0, 0.1) is 0 Å². The van der Waals surface area contributed by atoms with E-state index in [1.807, 2.05) is 4.90 Å². The molecule has 1 aliphatic heterocycles. The van der Waals surface area contributed by atoms with E-state index in [0.717, 1.165) is 38.7 Å². The van der Waals surface area contributed by atoms with Crippen LogP contribution in [0.2, 0.25) is 0 Å². The van der Waals surface area contributed by atoms with Crippen LogP contribution < -0.4 is 10.2 Å². The monoisotopic (exact) mass is 280 g/mol. The minimum atomic E-state index is -4.26. The van der Waals surface area contributed by atoms with Crippen LogP contribution >= 0.6 is 12.4 Å². The Labute approximate surface area is 111 Å². The number of nitrogens with one attached hydrogen (secondary N) is 1. The molecule has 1 saturated heterocycles. The minimum Gasteiger partial charge on any atom is -0.370 e. The van der Waals surface area contributed by atoms with E-state index in [9.17, 15) is 13.2 Å². The first kappa shape index (κ1) is 15.1. The fourth-order valence-electron chi connectivity index (χ4n) is 1.98. The molecule has 0 aliphatic carbocycles. The van der Waals surface area contributed by atoms with Crippen LogP contribution in [0.4, 0.5) is 18.9 Å². The molecule has 0 unspecified atom stereocenters. The molecule has 1 N–H and O–H groups in total. The van der Waals surface area contributed by atoms with Gasteiger partial charge in [-0.2, -0.15) is 13.2 Å². The number of hydrogen-bond donors (Lipinski definition) is 1. The Morgan fingerprint density at radius 3 is 2.61 bits per heavy atom. The molecular formula is C12H16ClF3N2. The lowest BCUT2D eigenvalue weighted by Gasteiger charge is -2.23. The van der Waals surface area contributed by atoms with E-state index in [0.29, 0.717) is 5.69 Å². The molecule has 1 aromatic rings. The summed E-state index contributed by atoms with van der Waals surface area (Å²) < 4.78 is 37.8. The van der Waals surface area contributed by atoms with Gasteiger partial charge in [0.1, 0.15) is 0 Å². The molecular weight excluding hydrogens is 265 g/mol. The summed E-state index contributed by atoms with van der Waals surface area (Å²) in [6.07, 6.45) is -3.31. The Morgan fingerprint density at radius 2 is 1.89 bits per heavy atom. The van der Waals surface area contributed by atoms with Crippen molar-refractivity contribution in [3.8, 4) is 0 Å². The van der Waals surface area contributed by atoms with Crippen molar-refractivity contribution in [1.29, 1.82) is 0 Å². The third-order valence-electron chi connectivity index (χ3n) is 2.88. The second-order valence-electron chi connectivity index (χ2n) is 4.14. The van der Waals surface area contributed by atoms with Gasteiger partial charge in [0.15, 0.2) is 0 Å². The number of halogens is 4. The zero-order valence-corrected chi connectivity index (χ0v) is 10.7. The fraction of sp³-hybridized carbons (Fsp3) is 0.500. The van der Waals surface area contributed by atoms with Gasteiger partial charge in [-0.25, -0.2) is 0 Å². The molecule has 0 bridgehead atoms. The van der Waals surface area contributed by atoms with Crippen LogP contribution in [0.5, 0.6) is 0 Å². The van der Waals surface area contributed by atoms with E-state index in [2.05, 4.69) is 5.32 Å². The quantitative estimate of drug-likeness (QED) is 0.851. The van der Waals surface area contributed by atoms with Gasteiger partial charge in [0.25, 0.3) is 0 Å². The average Bonchev–Trinajstić information content (AvgIpc) is 2.56. The van der Waals surface area contributed by atoms with Crippen LogP contribution in [0.15, 0.2) is 24.3 Å². The lowest BCUT2D eigenvalue weighted by atomic mass is 10.1. The van der Waals surface area contributed by atoms with Crippen LogP contribution in [-0.2, 0) is 6.18 Å². The predicted octanol–water partition coefficient (Wildman–Crippen LogP) is 2.93. The normalized spacial score (nSPS) is 16.9. The van der Waals surface area contributed by atoms with Gasteiger partial charge in [-0.1, -0.05) is 6.07 Å². The number of rotatable bonds is 1. The van der Waals surface area contributed by atoms with Gasteiger partial charge in [0.05, 0.1) is 5.56 Å². The summed E-state index contributed by atoms with van der Waals surface area (Å²) in [5, 5.41) is 3.23. The lowest BCUT2D eigenvalue weighted by molar-refractivity contribution is -0.137. The maximum absolute atomic E-state index is 12.6. The number of anilines is 1. The van der Waals surface area contributed by atoms with E-state index in [4.69, 9.17) is 0 Å². The van der Waals surface area contributed by atoms with Crippen LogP contribution in [0.3, 0.4) is 0 Å². The highest BCUT2D eigenvalue weighted by atomic mass is 35.5. The Morgan fingerprint density at radius 1 is 1.11 bits per heavy atom. The summed E-state index contributed by atoms with van der Waals surface area (Å²) in [6, 6.07) is 5.54. The molecule has 0 aromatic heterocycles. The number of nitrogens with zero attached hydrogens (tertiary/aromatic N) is 1. The van der Waals surface area contributed by atoms with Gasteiger partial charge in [-0.05, 0) is 31.2 Å². The summed E-state index contributed by atoms with van der Waals surface area (Å²) in [4.78, 5) is 2.00. The Bertz CT molecular complexity index is 374. The highest BCUT2D eigenvalue weighted by Gasteiger charge is 2.30. The molecule has 102 valence electrons. The zero-order chi connectivity index (χ0) is 12.3. The highest BCUT2D eigenvalue weighted by Crippen LogP contribution is 2.31. The summed E-state index contributed by atoms with van der Waals surface area (Å²) in [6.45, 7) is 3.29. The largest absolute Gasteiger partial charge is 0.416 e. The van der Waals surface area contributed by atoms with Gasteiger partial charge in [0.2, 0.25) is 0 Å². The maximum atomic E-state index is 12.6. The van der Waals surface area contributed by atoms with E-state index in [1.165, 1.54) is 12.1 Å². The van der Waals surface area contributed by atoms with E-state index in [1.54, 1.807) is 6.07 Å². The first-order valence-corrected chi connectivity index (χ1v) is 5.70. The van der Waals surface area contributed by atoms with Gasteiger partial charge >= 0.3 is 6.18 Å². The van der Waals surface area contributed by atoms with Gasteiger partial charge < -0.3 is 10.2 Å². The predicted molar refractivity (Wildman–Crippen MR) is 68.4 cm³/mol. The second kappa shape index (κ2) is 6.29. The second-order valence-corrected chi connectivity index (χ2v) is 4.14. The van der Waals surface area contributed by atoms with Crippen molar-refractivity contribution < 1.29 is 13.2 Å². The summed E-state index contributed by atoms with van der Waals surface area (Å²) in [5.74, 6) is 0. The van der Waals surface area contributed by atoms with Gasteiger partial charge in [-0.15, -0.1) is 12.4 Å². The topological polar surface area (TPSA) is 15.3 Å².